The maximum atomic E-state index is 9.79. The van der Waals surface area contributed by atoms with E-state index < -0.39 is 0 Å². The SMILES string of the molecule is C=C(CC)C1CC(C)C(O)C(C)C1. The molecule has 0 aromatic carbocycles. The smallest absolute Gasteiger partial charge is 0.0591 e. The molecule has 0 spiro atoms. The molecule has 1 rings (SSSR count). The van der Waals surface area contributed by atoms with Crippen LogP contribution in [0.1, 0.15) is 40.0 Å². The van der Waals surface area contributed by atoms with Gasteiger partial charge in [0.25, 0.3) is 0 Å². The van der Waals surface area contributed by atoms with Crippen LogP contribution in [0.15, 0.2) is 12.2 Å². The molecule has 0 bridgehead atoms. The Morgan fingerprint density at radius 2 is 1.77 bits per heavy atom. The van der Waals surface area contributed by atoms with Crippen molar-refractivity contribution in [1.29, 1.82) is 0 Å². The molecule has 1 aliphatic rings. The van der Waals surface area contributed by atoms with Crippen molar-refractivity contribution in [2.45, 2.75) is 46.1 Å². The number of aliphatic hydroxyl groups excluding tert-OH is 1. The molecular formula is C12H22O. The fraction of sp³-hybridized carbons (Fsp3) is 0.833. The van der Waals surface area contributed by atoms with Crippen LogP contribution < -0.4 is 0 Å². The van der Waals surface area contributed by atoms with Crippen molar-refractivity contribution in [3.8, 4) is 0 Å². The van der Waals surface area contributed by atoms with Gasteiger partial charge in [-0.1, -0.05) is 32.9 Å². The summed E-state index contributed by atoms with van der Waals surface area (Å²) < 4.78 is 0. The van der Waals surface area contributed by atoms with E-state index in [1.54, 1.807) is 0 Å². The summed E-state index contributed by atoms with van der Waals surface area (Å²) in [6, 6.07) is 0. The zero-order valence-corrected chi connectivity index (χ0v) is 9.09. The Bertz CT molecular complexity index is 174. The molecule has 1 saturated carbocycles. The molecule has 0 amide bonds. The summed E-state index contributed by atoms with van der Waals surface area (Å²) in [7, 11) is 0. The highest BCUT2D eigenvalue weighted by Gasteiger charge is 2.32. The Morgan fingerprint density at radius 3 is 2.15 bits per heavy atom. The van der Waals surface area contributed by atoms with Crippen LogP contribution in [-0.2, 0) is 0 Å². The van der Waals surface area contributed by atoms with Gasteiger partial charge in [-0.3, -0.25) is 0 Å². The molecule has 1 N–H and O–H groups in total. The fourth-order valence-electron chi connectivity index (χ4n) is 2.46. The highest BCUT2D eigenvalue weighted by molar-refractivity contribution is 5.03. The average Bonchev–Trinajstić information content (AvgIpc) is 2.12. The maximum Gasteiger partial charge on any atom is 0.0591 e. The summed E-state index contributed by atoms with van der Waals surface area (Å²) in [5.74, 6) is 1.53. The van der Waals surface area contributed by atoms with Crippen LogP contribution in [0.3, 0.4) is 0 Å². The summed E-state index contributed by atoms with van der Waals surface area (Å²) in [6.45, 7) is 10.6. The van der Waals surface area contributed by atoms with Crippen molar-refractivity contribution < 1.29 is 5.11 Å². The normalized spacial score (nSPS) is 40.3. The van der Waals surface area contributed by atoms with Crippen LogP contribution in [0, 0.1) is 17.8 Å². The third-order valence-corrected chi connectivity index (χ3v) is 3.51. The summed E-state index contributed by atoms with van der Waals surface area (Å²) in [6.07, 6.45) is 3.23. The van der Waals surface area contributed by atoms with E-state index in [0.29, 0.717) is 17.8 Å². The van der Waals surface area contributed by atoms with Gasteiger partial charge in [-0.2, -0.15) is 0 Å². The van der Waals surface area contributed by atoms with Gasteiger partial charge in [-0.15, -0.1) is 0 Å². The number of hydrogen-bond donors (Lipinski definition) is 1. The molecule has 1 fully saturated rings. The summed E-state index contributed by atoms with van der Waals surface area (Å²) in [5, 5.41) is 9.79. The Labute approximate surface area is 81.9 Å². The van der Waals surface area contributed by atoms with Gasteiger partial charge in [0.05, 0.1) is 6.10 Å². The van der Waals surface area contributed by atoms with E-state index in [2.05, 4.69) is 27.4 Å². The lowest BCUT2D eigenvalue weighted by molar-refractivity contribution is 0.0178. The van der Waals surface area contributed by atoms with Crippen LogP contribution in [0.2, 0.25) is 0 Å². The fourth-order valence-corrected chi connectivity index (χ4v) is 2.46. The average molecular weight is 182 g/mol. The number of allylic oxidation sites excluding steroid dienone is 1. The first-order valence-corrected chi connectivity index (χ1v) is 5.42. The molecule has 2 unspecified atom stereocenters. The van der Waals surface area contributed by atoms with Crippen molar-refractivity contribution in [3.05, 3.63) is 12.2 Å². The highest BCUT2D eigenvalue weighted by atomic mass is 16.3. The second-order valence-electron chi connectivity index (χ2n) is 4.63. The number of hydrogen-bond acceptors (Lipinski definition) is 1. The maximum absolute atomic E-state index is 9.79. The lowest BCUT2D eigenvalue weighted by Gasteiger charge is -2.36. The first-order valence-electron chi connectivity index (χ1n) is 5.42. The first kappa shape index (κ1) is 10.8. The monoisotopic (exact) mass is 182 g/mol. The minimum atomic E-state index is -0.0964. The summed E-state index contributed by atoms with van der Waals surface area (Å²) in [4.78, 5) is 0. The van der Waals surface area contributed by atoms with Crippen molar-refractivity contribution in [3.63, 3.8) is 0 Å². The van der Waals surface area contributed by atoms with Gasteiger partial charge < -0.3 is 5.11 Å². The molecule has 0 heterocycles. The lowest BCUT2D eigenvalue weighted by atomic mass is 9.72. The minimum absolute atomic E-state index is 0.0964. The Hall–Kier alpha value is -0.300. The Morgan fingerprint density at radius 1 is 1.31 bits per heavy atom. The minimum Gasteiger partial charge on any atom is -0.393 e. The van der Waals surface area contributed by atoms with Crippen LogP contribution in [0.4, 0.5) is 0 Å². The van der Waals surface area contributed by atoms with Gasteiger partial charge in [0.15, 0.2) is 0 Å². The number of rotatable bonds is 2. The Balaban J connectivity index is 2.58. The topological polar surface area (TPSA) is 20.2 Å². The van der Waals surface area contributed by atoms with E-state index in [-0.39, 0.29) is 6.10 Å². The van der Waals surface area contributed by atoms with Gasteiger partial charge in [-0.05, 0) is 37.0 Å². The van der Waals surface area contributed by atoms with Crippen molar-refractivity contribution >= 4 is 0 Å². The van der Waals surface area contributed by atoms with E-state index in [1.807, 2.05) is 0 Å². The molecule has 1 nitrogen and oxygen atoms in total. The van der Waals surface area contributed by atoms with Crippen LogP contribution >= 0.6 is 0 Å². The van der Waals surface area contributed by atoms with Crippen molar-refractivity contribution in [1.82, 2.24) is 0 Å². The standard InChI is InChI=1S/C12H22O/c1-5-8(2)11-6-9(3)12(13)10(4)7-11/h9-13H,2,5-7H2,1,3-4H3. The molecule has 0 saturated heterocycles. The van der Waals surface area contributed by atoms with Crippen molar-refractivity contribution in [2.24, 2.45) is 17.8 Å². The van der Waals surface area contributed by atoms with Gasteiger partial charge >= 0.3 is 0 Å². The summed E-state index contributed by atoms with van der Waals surface area (Å²) >= 11 is 0. The van der Waals surface area contributed by atoms with Crippen LogP contribution in [0.25, 0.3) is 0 Å². The molecule has 1 heteroatoms. The quantitative estimate of drug-likeness (QED) is 0.651. The van der Waals surface area contributed by atoms with E-state index >= 15 is 0 Å². The molecule has 0 aliphatic heterocycles. The van der Waals surface area contributed by atoms with Gasteiger partial charge in [0.1, 0.15) is 0 Å². The predicted octanol–water partition coefficient (Wildman–Crippen LogP) is 3.00. The van der Waals surface area contributed by atoms with E-state index in [4.69, 9.17) is 0 Å². The second-order valence-corrected chi connectivity index (χ2v) is 4.63. The van der Waals surface area contributed by atoms with Gasteiger partial charge in [0.2, 0.25) is 0 Å². The molecule has 1 aliphatic carbocycles. The first-order chi connectivity index (χ1) is 6.06. The third-order valence-electron chi connectivity index (χ3n) is 3.51. The largest absolute Gasteiger partial charge is 0.393 e. The van der Waals surface area contributed by atoms with Gasteiger partial charge in [-0.25, -0.2) is 0 Å². The molecular weight excluding hydrogens is 160 g/mol. The van der Waals surface area contributed by atoms with Gasteiger partial charge in [0, 0.05) is 0 Å². The highest BCUT2D eigenvalue weighted by Crippen LogP contribution is 2.37. The molecule has 2 atom stereocenters. The van der Waals surface area contributed by atoms with Crippen molar-refractivity contribution in [2.75, 3.05) is 0 Å². The molecule has 13 heavy (non-hydrogen) atoms. The van der Waals surface area contributed by atoms with E-state index in [1.165, 1.54) is 5.57 Å². The Kier molecular flexibility index (Phi) is 3.55. The zero-order chi connectivity index (χ0) is 10.0. The van der Waals surface area contributed by atoms with Crippen LogP contribution in [-0.4, -0.2) is 11.2 Å². The number of aliphatic hydroxyl groups is 1. The van der Waals surface area contributed by atoms with E-state index in [9.17, 15) is 5.11 Å². The van der Waals surface area contributed by atoms with E-state index in [0.717, 1.165) is 19.3 Å². The zero-order valence-electron chi connectivity index (χ0n) is 9.09. The molecule has 0 radical (unpaired) electrons. The lowest BCUT2D eigenvalue weighted by Crippen LogP contribution is -2.34. The van der Waals surface area contributed by atoms with Crippen LogP contribution in [0.5, 0.6) is 0 Å². The molecule has 0 aromatic rings. The predicted molar refractivity (Wildman–Crippen MR) is 56.5 cm³/mol. The summed E-state index contributed by atoms with van der Waals surface area (Å²) in [5.41, 5.74) is 1.37. The molecule has 76 valence electrons. The third kappa shape index (κ3) is 2.34. The molecule has 0 aromatic heterocycles. The second kappa shape index (κ2) is 4.28.